The van der Waals surface area contributed by atoms with E-state index in [0.29, 0.717) is 5.92 Å². The summed E-state index contributed by atoms with van der Waals surface area (Å²) in [7, 11) is -1.32. The molecule has 0 amide bonds. The number of hydrogen-bond acceptors (Lipinski definition) is 2. The van der Waals surface area contributed by atoms with Gasteiger partial charge in [0.1, 0.15) is 0 Å². The first-order valence-electron chi connectivity index (χ1n) is 5.17. The van der Waals surface area contributed by atoms with E-state index < -0.39 is 8.32 Å². The molecule has 13 heavy (non-hydrogen) atoms. The molecule has 0 aliphatic rings. The van der Waals surface area contributed by atoms with Crippen LogP contribution in [0.25, 0.3) is 0 Å². The van der Waals surface area contributed by atoms with E-state index in [1.807, 2.05) is 0 Å². The van der Waals surface area contributed by atoms with Crippen molar-refractivity contribution in [3.8, 4) is 0 Å². The normalized spacial score (nSPS) is 14.5. The van der Waals surface area contributed by atoms with E-state index in [2.05, 4.69) is 33.5 Å². The first-order valence-corrected chi connectivity index (χ1v) is 8.58. The average molecular weight is 204 g/mol. The Morgan fingerprint density at radius 2 is 1.77 bits per heavy atom. The molecule has 0 bridgehead atoms. The smallest absolute Gasteiger partial charge is 0.183 e. The SMILES string of the molecule is CCC(C)COCCO[Si](C)(C)C. The van der Waals surface area contributed by atoms with Gasteiger partial charge in [-0.25, -0.2) is 0 Å². The van der Waals surface area contributed by atoms with Crippen molar-refractivity contribution in [1.82, 2.24) is 0 Å². The minimum Gasteiger partial charge on any atom is -0.415 e. The predicted octanol–water partition coefficient (Wildman–Crippen LogP) is 2.90. The zero-order valence-corrected chi connectivity index (χ0v) is 10.7. The van der Waals surface area contributed by atoms with E-state index in [4.69, 9.17) is 9.16 Å². The van der Waals surface area contributed by atoms with Crippen LogP contribution in [0.4, 0.5) is 0 Å². The molecule has 0 spiro atoms. The molecule has 0 radical (unpaired) electrons. The third kappa shape index (κ3) is 10.1. The third-order valence-corrected chi connectivity index (χ3v) is 2.93. The molecule has 80 valence electrons. The van der Waals surface area contributed by atoms with Crippen LogP contribution in [0.2, 0.25) is 19.6 Å². The molecule has 0 aromatic heterocycles. The van der Waals surface area contributed by atoms with Crippen molar-refractivity contribution in [3.05, 3.63) is 0 Å². The standard InChI is InChI=1S/C10H24O2Si/c1-6-10(2)9-11-7-8-12-13(3,4)5/h10H,6-9H2,1-5H3. The lowest BCUT2D eigenvalue weighted by atomic mass is 10.1. The van der Waals surface area contributed by atoms with Gasteiger partial charge < -0.3 is 9.16 Å². The van der Waals surface area contributed by atoms with E-state index in [1.54, 1.807) is 0 Å². The minimum absolute atomic E-state index is 0.673. The number of hydrogen-bond donors (Lipinski definition) is 0. The van der Waals surface area contributed by atoms with Crippen molar-refractivity contribution in [1.29, 1.82) is 0 Å². The second kappa shape index (κ2) is 6.57. The molecular weight excluding hydrogens is 180 g/mol. The maximum atomic E-state index is 5.66. The second-order valence-corrected chi connectivity index (χ2v) is 9.06. The summed E-state index contributed by atoms with van der Waals surface area (Å²) in [5.41, 5.74) is 0. The second-order valence-electron chi connectivity index (χ2n) is 4.55. The van der Waals surface area contributed by atoms with Crippen LogP contribution in [0.3, 0.4) is 0 Å². The number of ether oxygens (including phenoxy) is 1. The average Bonchev–Trinajstić information content (AvgIpc) is 2.01. The summed E-state index contributed by atoms with van der Waals surface area (Å²) < 4.78 is 11.1. The van der Waals surface area contributed by atoms with Crippen molar-refractivity contribution in [2.45, 2.75) is 39.9 Å². The topological polar surface area (TPSA) is 18.5 Å². The van der Waals surface area contributed by atoms with Crippen LogP contribution in [0.5, 0.6) is 0 Å². The summed E-state index contributed by atoms with van der Waals surface area (Å²) in [6.07, 6.45) is 1.19. The van der Waals surface area contributed by atoms with E-state index in [9.17, 15) is 0 Å². The van der Waals surface area contributed by atoms with Crippen molar-refractivity contribution < 1.29 is 9.16 Å². The van der Waals surface area contributed by atoms with Gasteiger partial charge in [-0.3, -0.25) is 0 Å². The van der Waals surface area contributed by atoms with E-state index in [-0.39, 0.29) is 0 Å². The monoisotopic (exact) mass is 204 g/mol. The molecule has 0 fully saturated rings. The predicted molar refractivity (Wildman–Crippen MR) is 59.6 cm³/mol. The molecule has 0 aromatic carbocycles. The molecule has 0 rings (SSSR count). The zero-order valence-electron chi connectivity index (χ0n) is 9.72. The van der Waals surface area contributed by atoms with Gasteiger partial charge in [-0.2, -0.15) is 0 Å². The molecule has 0 aliphatic heterocycles. The summed E-state index contributed by atoms with van der Waals surface area (Å²) in [5, 5.41) is 0. The van der Waals surface area contributed by atoms with Crippen LogP contribution in [-0.4, -0.2) is 28.1 Å². The highest BCUT2D eigenvalue weighted by Crippen LogP contribution is 2.03. The quantitative estimate of drug-likeness (QED) is 0.469. The highest BCUT2D eigenvalue weighted by molar-refractivity contribution is 6.69. The lowest BCUT2D eigenvalue weighted by Gasteiger charge is -2.17. The van der Waals surface area contributed by atoms with E-state index >= 15 is 0 Å². The Balaban J connectivity index is 3.18. The molecule has 3 heteroatoms. The summed E-state index contributed by atoms with van der Waals surface area (Å²) >= 11 is 0. The van der Waals surface area contributed by atoms with Crippen LogP contribution in [-0.2, 0) is 9.16 Å². The van der Waals surface area contributed by atoms with Crippen LogP contribution < -0.4 is 0 Å². The summed E-state index contributed by atoms with van der Waals surface area (Å²) in [6.45, 7) is 13.4. The Hall–Kier alpha value is 0.137. The molecular formula is C10H24O2Si. The maximum absolute atomic E-state index is 5.66. The minimum atomic E-state index is -1.32. The maximum Gasteiger partial charge on any atom is 0.183 e. The Kier molecular flexibility index (Phi) is 6.64. The Morgan fingerprint density at radius 1 is 1.15 bits per heavy atom. The lowest BCUT2D eigenvalue weighted by molar-refractivity contribution is 0.0753. The van der Waals surface area contributed by atoms with Gasteiger partial charge in [0.25, 0.3) is 0 Å². The summed E-state index contributed by atoms with van der Waals surface area (Å²) in [5.74, 6) is 0.673. The largest absolute Gasteiger partial charge is 0.415 e. The van der Waals surface area contributed by atoms with Gasteiger partial charge in [0, 0.05) is 6.61 Å². The highest BCUT2D eigenvalue weighted by Gasteiger charge is 2.13. The molecule has 0 heterocycles. The van der Waals surface area contributed by atoms with Crippen LogP contribution >= 0.6 is 0 Å². The van der Waals surface area contributed by atoms with Gasteiger partial charge in [0.2, 0.25) is 0 Å². The fourth-order valence-electron chi connectivity index (χ4n) is 0.809. The highest BCUT2D eigenvalue weighted by atomic mass is 28.4. The molecule has 0 saturated heterocycles. The fraction of sp³-hybridized carbons (Fsp3) is 1.00. The van der Waals surface area contributed by atoms with E-state index in [1.165, 1.54) is 6.42 Å². The van der Waals surface area contributed by atoms with Crippen molar-refractivity contribution in [2.24, 2.45) is 5.92 Å². The Labute approximate surface area is 83.8 Å². The lowest BCUT2D eigenvalue weighted by Crippen LogP contribution is -2.27. The molecule has 0 saturated carbocycles. The van der Waals surface area contributed by atoms with Crippen molar-refractivity contribution in [3.63, 3.8) is 0 Å². The summed E-state index contributed by atoms with van der Waals surface area (Å²) in [6, 6.07) is 0. The zero-order chi connectivity index (χ0) is 10.3. The van der Waals surface area contributed by atoms with Crippen LogP contribution in [0.1, 0.15) is 20.3 Å². The van der Waals surface area contributed by atoms with Gasteiger partial charge in [0.15, 0.2) is 8.32 Å². The molecule has 0 aromatic rings. The first-order chi connectivity index (χ1) is 5.95. The van der Waals surface area contributed by atoms with Crippen molar-refractivity contribution in [2.75, 3.05) is 19.8 Å². The third-order valence-electron chi connectivity index (χ3n) is 1.86. The molecule has 0 N–H and O–H groups in total. The first kappa shape index (κ1) is 13.1. The molecule has 1 unspecified atom stereocenters. The Morgan fingerprint density at radius 3 is 2.23 bits per heavy atom. The van der Waals surface area contributed by atoms with E-state index in [0.717, 1.165) is 19.8 Å². The fourth-order valence-corrected chi connectivity index (χ4v) is 1.50. The van der Waals surface area contributed by atoms with Crippen molar-refractivity contribution >= 4 is 8.32 Å². The van der Waals surface area contributed by atoms with Crippen LogP contribution in [0.15, 0.2) is 0 Å². The molecule has 0 aliphatic carbocycles. The summed E-state index contributed by atoms with van der Waals surface area (Å²) in [4.78, 5) is 0. The van der Waals surface area contributed by atoms with Gasteiger partial charge in [0.05, 0.1) is 13.2 Å². The van der Waals surface area contributed by atoms with Gasteiger partial charge in [-0.05, 0) is 25.6 Å². The van der Waals surface area contributed by atoms with Gasteiger partial charge in [-0.15, -0.1) is 0 Å². The van der Waals surface area contributed by atoms with Gasteiger partial charge >= 0.3 is 0 Å². The molecule has 2 nitrogen and oxygen atoms in total. The van der Waals surface area contributed by atoms with Crippen LogP contribution in [0, 0.1) is 5.92 Å². The van der Waals surface area contributed by atoms with Gasteiger partial charge in [-0.1, -0.05) is 20.3 Å². The molecule has 1 atom stereocenters. The Bertz CT molecular complexity index is 121. The number of rotatable bonds is 7.